The van der Waals surface area contributed by atoms with Crippen LogP contribution < -0.4 is 9.62 Å². The second-order valence-electron chi connectivity index (χ2n) is 8.72. The van der Waals surface area contributed by atoms with Crippen LogP contribution in [-0.4, -0.2) is 44.3 Å². The number of benzene rings is 3. The van der Waals surface area contributed by atoms with E-state index in [4.69, 9.17) is 0 Å². The zero-order chi connectivity index (χ0) is 27.0. The largest absolute Gasteiger partial charge is 0.354 e. The molecule has 0 aromatic heterocycles. The normalized spacial score (nSPS) is 12.0. The fourth-order valence-electron chi connectivity index (χ4n) is 3.81. The third-order valence-corrected chi connectivity index (χ3v) is 8.55. The highest BCUT2D eigenvalue weighted by atomic mass is 127. The van der Waals surface area contributed by atoms with E-state index in [1.807, 2.05) is 38.1 Å². The Morgan fingerprint density at radius 2 is 1.57 bits per heavy atom. The van der Waals surface area contributed by atoms with Gasteiger partial charge in [-0.15, -0.1) is 0 Å². The lowest BCUT2D eigenvalue weighted by molar-refractivity contribution is -0.139. The molecule has 196 valence electrons. The quantitative estimate of drug-likeness (QED) is 0.310. The molecular formula is C28H32IN3O4S. The number of nitrogens with one attached hydrogen (secondary N) is 1. The van der Waals surface area contributed by atoms with Crippen molar-refractivity contribution in [3.05, 3.63) is 93.6 Å². The lowest BCUT2D eigenvalue weighted by Crippen LogP contribution is -2.51. The SMILES string of the molecule is CCCNC(=O)[C@@H](C)N(Cc1ccccc1C)C(=O)CN(c1ccc(I)cc1)S(=O)(=O)c1ccccc1. The van der Waals surface area contributed by atoms with Gasteiger partial charge in [0.2, 0.25) is 11.8 Å². The van der Waals surface area contributed by atoms with Crippen molar-refractivity contribution in [2.24, 2.45) is 0 Å². The van der Waals surface area contributed by atoms with Crippen LogP contribution in [0.2, 0.25) is 0 Å². The van der Waals surface area contributed by atoms with Gasteiger partial charge in [-0.2, -0.15) is 0 Å². The Balaban J connectivity index is 2.01. The summed E-state index contributed by atoms with van der Waals surface area (Å²) in [6, 6.07) is 21.8. The molecule has 3 aromatic rings. The Morgan fingerprint density at radius 1 is 0.946 bits per heavy atom. The van der Waals surface area contributed by atoms with Crippen molar-refractivity contribution in [3.63, 3.8) is 0 Å². The van der Waals surface area contributed by atoms with Crippen molar-refractivity contribution in [2.75, 3.05) is 17.4 Å². The molecule has 3 aromatic carbocycles. The molecule has 0 heterocycles. The summed E-state index contributed by atoms with van der Waals surface area (Å²) >= 11 is 2.14. The molecule has 0 spiro atoms. The van der Waals surface area contributed by atoms with Crippen LogP contribution in [0, 0.1) is 10.5 Å². The van der Waals surface area contributed by atoms with Gasteiger partial charge in [0.15, 0.2) is 0 Å². The van der Waals surface area contributed by atoms with Crippen molar-refractivity contribution in [3.8, 4) is 0 Å². The van der Waals surface area contributed by atoms with Crippen molar-refractivity contribution in [1.29, 1.82) is 0 Å². The maximum atomic E-state index is 13.8. The molecule has 1 N–H and O–H groups in total. The van der Waals surface area contributed by atoms with Gasteiger partial charge in [0.25, 0.3) is 10.0 Å². The molecule has 0 saturated heterocycles. The Morgan fingerprint density at radius 3 is 2.19 bits per heavy atom. The molecule has 0 aliphatic rings. The van der Waals surface area contributed by atoms with E-state index in [0.717, 1.165) is 25.4 Å². The van der Waals surface area contributed by atoms with Crippen LogP contribution in [-0.2, 0) is 26.2 Å². The summed E-state index contributed by atoms with van der Waals surface area (Å²) in [4.78, 5) is 28.3. The minimum Gasteiger partial charge on any atom is -0.354 e. The number of anilines is 1. The molecule has 9 heteroatoms. The topological polar surface area (TPSA) is 86.8 Å². The Bertz CT molecular complexity index is 1310. The number of aryl methyl sites for hydroxylation is 1. The number of carbonyl (C=O) groups is 2. The van der Waals surface area contributed by atoms with Gasteiger partial charge < -0.3 is 10.2 Å². The van der Waals surface area contributed by atoms with Gasteiger partial charge in [0.1, 0.15) is 12.6 Å². The minimum absolute atomic E-state index is 0.0838. The highest BCUT2D eigenvalue weighted by Gasteiger charge is 2.32. The summed E-state index contributed by atoms with van der Waals surface area (Å²) in [6.45, 7) is 5.79. The maximum absolute atomic E-state index is 13.8. The van der Waals surface area contributed by atoms with Gasteiger partial charge >= 0.3 is 0 Å². The molecule has 7 nitrogen and oxygen atoms in total. The number of sulfonamides is 1. The number of amides is 2. The second-order valence-corrected chi connectivity index (χ2v) is 11.8. The predicted octanol–water partition coefficient (Wildman–Crippen LogP) is 4.74. The van der Waals surface area contributed by atoms with E-state index < -0.39 is 28.5 Å². The standard InChI is InChI=1S/C28H32IN3O4S/c1-4-18-30-28(34)22(3)31(19-23-11-9-8-10-21(23)2)27(33)20-32(25-16-14-24(29)15-17-25)37(35,36)26-12-6-5-7-13-26/h5-17,22H,4,18-20H2,1-3H3,(H,30,34)/t22-/m1/s1. The number of rotatable bonds is 11. The minimum atomic E-state index is -4.05. The molecular weight excluding hydrogens is 601 g/mol. The smallest absolute Gasteiger partial charge is 0.264 e. The highest BCUT2D eigenvalue weighted by Crippen LogP contribution is 2.25. The summed E-state index contributed by atoms with van der Waals surface area (Å²) in [7, 11) is -4.05. The molecule has 0 radical (unpaired) electrons. The van der Waals surface area contributed by atoms with Gasteiger partial charge in [-0.05, 0) is 90.4 Å². The lowest BCUT2D eigenvalue weighted by Gasteiger charge is -2.32. The first-order valence-electron chi connectivity index (χ1n) is 12.1. The van der Waals surface area contributed by atoms with E-state index in [2.05, 4.69) is 27.9 Å². The highest BCUT2D eigenvalue weighted by molar-refractivity contribution is 14.1. The van der Waals surface area contributed by atoms with Gasteiger partial charge in [-0.1, -0.05) is 49.4 Å². The van der Waals surface area contributed by atoms with Crippen molar-refractivity contribution in [2.45, 2.75) is 44.7 Å². The second kappa shape index (κ2) is 13.0. The van der Waals surface area contributed by atoms with Gasteiger partial charge in [0.05, 0.1) is 10.6 Å². The fourth-order valence-corrected chi connectivity index (χ4v) is 5.60. The van der Waals surface area contributed by atoms with E-state index >= 15 is 0 Å². The van der Waals surface area contributed by atoms with Crippen molar-refractivity contribution < 1.29 is 18.0 Å². The van der Waals surface area contributed by atoms with E-state index in [0.29, 0.717) is 12.2 Å². The number of nitrogens with zero attached hydrogens (tertiary/aromatic N) is 2. The third kappa shape index (κ3) is 7.32. The van der Waals surface area contributed by atoms with Crippen LogP contribution in [0.3, 0.4) is 0 Å². The van der Waals surface area contributed by atoms with Crippen molar-refractivity contribution in [1.82, 2.24) is 10.2 Å². The zero-order valence-electron chi connectivity index (χ0n) is 21.2. The molecule has 0 unspecified atom stereocenters. The van der Waals surface area contributed by atoms with Crippen LogP contribution >= 0.6 is 22.6 Å². The average Bonchev–Trinajstić information content (AvgIpc) is 2.90. The Hall–Kier alpha value is -2.92. The van der Waals surface area contributed by atoms with Crippen LogP contribution in [0.5, 0.6) is 0 Å². The molecule has 0 aliphatic carbocycles. The Labute approximate surface area is 233 Å². The van der Waals surface area contributed by atoms with Crippen LogP contribution in [0.4, 0.5) is 5.69 Å². The molecule has 1 atom stereocenters. The summed E-state index contributed by atoms with van der Waals surface area (Å²) in [5.41, 5.74) is 2.24. The lowest BCUT2D eigenvalue weighted by atomic mass is 10.1. The number of halogens is 1. The molecule has 0 aliphatic heterocycles. The van der Waals surface area contributed by atoms with Crippen LogP contribution in [0.15, 0.2) is 83.8 Å². The molecule has 0 bridgehead atoms. The van der Waals surface area contributed by atoms with Crippen molar-refractivity contribution >= 4 is 50.1 Å². The first-order valence-corrected chi connectivity index (χ1v) is 14.6. The first-order chi connectivity index (χ1) is 17.6. The maximum Gasteiger partial charge on any atom is 0.264 e. The van der Waals surface area contributed by atoms with Gasteiger partial charge in [-0.25, -0.2) is 8.42 Å². The summed E-state index contributed by atoms with van der Waals surface area (Å²) in [5, 5.41) is 2.85. The summed E-state index contributed by atoms with van der Waals surface area (Å²) in [6.07, 6.45) is 0.764. The number of hydrogen-bond acceptors (Lipinski definition) is 4. The summed E-state index contributed by atoms with van der Waals surface area (Å²) in [5.74, 6) is -0.754. The van der Waals surface area contributed by atoms with E-state index in [1.54, 1.807) is 49.4 Å². The van der Waals surface area contributed by atoms with E-state index in [9.17, 15) is 18.0 Å². The molecule has 37 heavy (non-hydrogen) atoms. The number of hydrogen-bond donors (Lipinski definition) is 1. The Kier molecular flexibility index (Phi) is 10.1. The average molecular weight is 634 g/mol. The number of carbonyl (C=O) groups excluding carboxylic acids is 2. The summed E-state index contributed by atoms with van der Waals surface area (Å²) < 4.78 is 29.5. The predicted molar refractivity (Wildman–Crippen MR) is 155 cm³/mol. The molecule has 2 amide bonds. The van der Waals surface area contributed by atoms with E-state index in [1.165, 1.54) is 17.0 Å². The molecule has 0 fully saturated rings. The van der Waals surface area contributed by atoms with Gasteiger partial charge in [-0.3, -0.25) is 13.9 Å². The fraction of sp³-hybridized carbons (Fsp3) is 0.286. The monoisotopic (exact) mass is 633 g/mol. The van der Waals surface area contributed by atoms with E-state index in [-0.39, 0.29) is 17.3 Å². The van der Waals surface area contributed by atoms with Crippen LogP contribution in [0.1, 0.15) is 31.4 Å². The zero-order valence-corrected chi connectivity index (χ0v) is 24.2. The van der Waals surface area contributed by atoms with Gasteiger partial charge in [0, 0.05) is 16.7 Å². The molecule has 3 rings (SSSR count). The van der Waals surface area contributed by atoms with Crippen LogP contribution in [0.25, 0.3) is 0 Å². The first kappa shape index (κ1) is 28.6. The third-order valence-electron chi connectivity index (χ3n) is 6.04. The molecule has 0 saturated carbocycles.